The lowest BCUT2D eigenvalue weighted by molar-refractivity contribution is -0.137. The van der Waals surface area contributed by atoms with Crippen molar-refractivity contribution in [3.63, 3.8) is 0 Å². The monoisotopic (exact) mass is 228 g/mol. The zero-order valence-corrected chi connectivity index (χ0v) is 9.66. The van der Waals surface area contributed by atoms with Gasteiger partial charge in [-0.25, -0.2) is 0 Å². The van der Waals surface area contributed by atoms with Crippen LogP contribution >= 0.6 is 0 Å². The van der Waals surface area contributed by atoms with Crippen LogP contribution in [0, 0.1) is 0 Å². The molecule has 16 heavy (non-hydrogen) atoms. The minimum atomic E-state index is -0.764. The van der Waals surface area contributed by atoms with E-state index in [2.05, 4.69) is 10.6 Å². The fourth-order valence-corrected chi connectivity index (χ4v) is 1.37. The van der Waals surface area contributed by atoms with Gasteiger partial charge in [0.15, 0.2) is 0 Å². The predicted octanol–water partition coefficient (Wildman–Crippen LogP) is 0.498. The Morgan fingerprint density at radius 3 is 2.62 bits per heavy atom. The molecular formula is C11H20N2O3. The first-order chi connectivity index (χ1) is 7.59. The third-order valence-corrected chi connectivity index (χ3v) is 2.58. The van der Waals surface area contributed by atoms with Crippen LogP contribution in [0.1, 0.15) is 39.0 Å². The van der Waals surface area contributed by atoms with Crippen LogP contribution in [0.2, 0.25) is 0 Å². The normalized spacial score (nSPS) is 16.8. The number of unbranched alkanes of at least 4 members (excludes halogenated alkanes) is 1. The molecule has 1 fully saturated rings. The van der Waals surface area contributed by atoms with E-state index in [0.29, 0.717) is 19.0 Å². The number of aliphatic carboxylic acids is 1. The van der Waals surface area contributed by atoms with Crippen LogP contribution in [0.5, 0.6) is 0 Å². The lowest BCUT2D eigenvalue weighted by Gasteiger charge is -2.13. The Labute approximate surface area is 95.6 Å². The summed E-state index contributed by atoms with van der Waals surface area (Å²) in [6.45, 7) is 2.52. The van der Waals surface area contributed by atoms with Crippen LogP contribution in [0.3, 0.4) is 0 Å². The fourth-order valence-electron chi connectivity index (χ4n) is 1.37. The second kappa shape index (κ2) is 6.48. The zero-order valence-electron chi connectivity index (χ0n) is 9.66. The first-order valence-corrected chi connectivity index (χ1v) is 5.85. The van der Waals surface area contributed by atoms with Gasteiger partial charge >= 0.3 is 5.97 Å². The Hall–Kier alpha value is -1.10. The van der Waals surface area contributed by atoms with Gasteiger partial charge in [-0.3, -0.25) is 9.59 Å². The molecule has 1 atom stereocenters. The van der Waals surface area contributed by atoms with Crippen molar-refractivity contribution < 1.29 is 14.7 Å². The molecule has 0 radical (unpaired) electrons. The fraction of sp³-hybridized carbons (Fsp3) is 0.818. The van der Waals surface area contributed by atoms with Crippen molar-refractivity contribution in [3.05, 3.63) is 0 Å². The van der Waals surface area contributed by atoms with Crippen molar-refractivity contribution in [1.82, 2.24) is 10.6 Å². The molecule has 0 spiro atoms. The number of carboxylic acids is 1. The van der Waals surface area contributed by atoms with Crippen LogP contribution in [0.15, 0.2) is 0 Å². The van der Waals surface area contributed by atoms with Crippen molar-refractivity contribution >= 4 is 11.9 Å². The first kappa shape index (κ1) is 13.0. The van der Waals surface area contributed by atoms with E-state index in [-0.39, 0.29) is 18.4 Å². The van der Waals surface area contributed by atoms with Gasteiger partial charge in [0.05, 0.1) is 6.04 Å². The van der Waals surface area contributed by atoms with Gasteiger partial charge in [0, 0.05) is 12.5 Å². The predicted molar refractivity (Wildman–Crippen MR) is 60.1 cm³/mol. The summed E-state index contributed by atoms with van der Waals surface area (Å²) in [4.78, 5) is 21.7. The summed E-state index contributed by atoms with van der Waals surface area (Å²) in [7, 11) is 0. The molecule has 0 aromatic heterocycles. The number of amides is 1. The van der Waals surface area contributed by atoms with Gasteiger partial charge in [-0.2, -0.15) is 0 Å². The molecule has 0 aliphatic heterocycles. The topological polar surface area (TPSA) is 78.4 Å². The second-order valence-electron chi connectivity index (χ2n) is 4.31. The van der Waals surface area contributed by atoms with Crippen LogP contribution in [0.25, 0.3) is 0 Å². The maximum absolute atomic E-state index is 11.5. The Morgan fingerprint density at radius 2 is 2.06 bits per heavy atom. The number of carbonyl (C=O) groups is 2. The summed E-state index contributed by atoms with van der Waals surface area (Å²) >= 11 is 0. The van der Waals surface area contributed by atoms with E-state index in [0.717, 1.165) is 19.3 Å². The van der Waals surface area contributed by atoms with Gasteiger partial charge in [-0.05, 0) is 39.2 Å². The molecule has 0 heterocycles. The molecule has 0 bridgehead atoms. The van der Waals surface area contributed by atoms with Gasteiger partial charge < -0.3 is 15.7 Å². The maximum Gasteiger partial charge on any atom is 0.303 e. The van der Waals surface area contributed by atoms with E-state index in [1.54, 1.807) is 0 Å². The number of carboxylic acid groups (broad SMARTS) is 1. The summed E-state index contributed by atoms with van der Waals surface area (Å²) in [6, 6.07) is 0.203. The highest BCUT2D eigenvalue weighted by molar-refractivity contribution is 5.81. The highest BCUT2D eigenvalue weighted by Crippen LogP contribution is 2.18. The third-order valence-electron chi connectivity index (χ3n) is 2.58. The lowest BCUT2D eigenvalue weighted by Crippen LogP contribution is -2.43. The van der Waals surface area contributed by atoms with Crippen molar-refractivity contribution in [2.24, 2.45) is 0 Å². The number of hydrogen-bond acceptors (Lipinski definition) is 3. The molecule has 0 aromatic rings. The maximum atomic E-state index is 11.5. The Morgan fingerprint density at radius 1 is 1.38 bits per heavy atom. The summed E-state index contributed by atoms with van der Waals surface area (Å²) in [6.07, 6.45) is 3.82. The minimum Gasteiger partial charge on any atom is -0.481 e. The van der Waals surface area contributed by atoms with Gasteiger partial charge in [0.2, 0.25) is 5.91 Å². The van der Waals surface area contributed by atoms with E-state index in [4.69, 9.17) is 5.11 Å². The van der Waals surface area contributed by atoms with Crippen LogP contribution < -0.4 is 10.6 Å². The standard InChI is InChI=1S/C11H20N2O3/c1-8(11(16)13-9-5-6-9)12-7-3-2-4-10(14)15/h8-9,12H,2-7H2,1H3,(H,13,16)(H,14,15). The molecule has 92 valence electrons. The average molecular weight is 228 g/mol. The summed E-state index contributed by atoms with van der Waals surface area (Å²) in [5.41, 5.74) is 0. The van der Waals surface area contributed by atoms with Gasteiger partial charge in [0.25, 0.3) is 0 Å². The number of carbonyl (C=O) groups excluding carboxylic acids is 1. The van der Waals surface area contributed by atoms with Gasteiger partial charge in [-0.1, -0.05) is 0 Å². The van der Waals surface area contributed by atoms with Crippen molar-refractivity contribution in [3.8, 4) is 0 Å². The summed E-state index contributed by atoms with van der Waals surface area (Å²) in [5.74, 6) is -0.722. The van der Waals surface area contributed by atoms with Gasteiger partial charge in [0.1, 0.15) is 0 Å². The van der Waals surface area contributed by atoms with Crippen LogP contribution in [0.4, 0.5) is 0 Å². The molecule has 3 N–H and O–H groups in total. The summed E-state index contributed by atoms with van der Waals surface area (Å²) in [5, 5.41) is 14.4. The summed E-state index contributed by atoms with van der Waals surface area (Å²) < 4.78 is 0. The highest BCUT2D eigenvalue weighted by atomic mass is 16.4. The zero-order chi connectivity index (χ0) is 12.0. The molecule has 1 rings (SSSR count). The molecular weight excluding hydrogens is 208 g/mol. The first-order valence-electron chi connectivity index (χ1n) is 5.85. The Bertz CT molecular complexity index is 252. The number of rotatable bonds is 8. The Kier molecular flexibility index (Phi) is 5.25. The van der Waals surface area contributed by atoms with E-state index in [9.17, 15) is 9.59 Å². The van der Waals surface area contributed by atoms with Crippen molar-refractivity contribution in [2.45, 2.75) is 51.1 Å². The van der Waals surface area contributed by atoms with Gasteiger partial charge in [-0.15, -0.1) is 0 Å². The lowest BCUT2D eigenvalue weighted by atomic mass is 10.2. The van der Waals surface area contributed by atoms with E-state index >= 15 is 0 Å². The van der Waals surface area contributed by atoms with E-state index in [1.165, 1.54) is 0 Å². The molecule has 1 saturated carbocycles. The average Bonchev–Trinajstić information content (AvgIpc) is 3.00. The highest BCUT2D eigenvalue weighted by Gasteiger charge is 2.25. The largest absolute Gasteiger partial charge is 0.481 e. The van der Waals surface area contributed by atoms with E-state index in [1.807, 2.05) is 6.92 Å². The SMILES string of the molecule is CC(NCCCCC(=O)O)C(=O)NC1CC1. The van der Waals surface area contributed by atoms with Crippen molar-refractivity contribution in [1.29, 1.82) is 0 Å². The molecule has 5 heteroatoms. The number of nitrogens with one attached hydrogen (secondary N) is 2. The number of hydrogen-bond donors (Lipinski definition) is 3. The second-order valence-corrected chi connectivity index (χ2v) is 4.31. The molecule has 1 aliphatic carbocycles. The molecule has 0 saturated heterocycles. The quantitative estimate of drug-likeness (QED) is 0.529. The molecule has 1 aliphatic rings. The molecule has 5 nitrogen and oxygen atoms in total. The third kappa shape index (κ3) is 5.70. The van der Waals surface area contributed by atoms with Crippen molar-refractivity contribution in [2.75, 3.05) is 6.54 Å². The Balaban J connectivity index is 1.98. The van der Waals surface area contributed by atoms with Crippen LogP contribution in [-0.2, 0) is 9.59 Å². The molecule has 1 amide bonds. The molecule has 1 unspecified atom stereocenters. The van der Waals surface area contributed by atoms with Crippen LogP contribution in [-0.4, -0.2) is 35.6 Å². The molecule has 0 aromatic carbocycles. The smallest absolute Gasteiger partial charge is 0.303 e. The minimum absolute atomic E-state index is 0.0423. The van der Waals surface area contributed by atoms with E-state index < -0.39 is 5.97 Å².